The number of fused-ring (bicyclic) bond motifs is 1. The molecule has 23 heavy (non-hydrogen) atoms. The summed E-state index contributed by atoms with van der Waals surface area (Å²) in [5.41, 5.74) is -0.163. The maximum Gasteiger partial charge on any atom is 0.327 e. The molecular formula is C15H19N5O3. The van der Waals surface area contributed by atoms with Gasteiger partial charge in [-0.3, -0.25) is 19.6 Å². The van der Waals surface area contributed by atoms with Crippen molar-refractivity contribution in [2.45, 2.75) is 32.9 Å². The van der Waals surface area contributed by atoms with E-state index in [1.165, 1.54) is 0 Å². The molecule has 1 aliphatic heterocycles. The summed E-state index contributed by atoms with van der Waals surface area (Å²) in [5.74, 6) is -0.198. The molecule has 1 amide bonds. The lowest BCUT2D eigenvalue weighted by Crippen LogP contribution is -2.56. The summed E-state index contributed by atoms with van der Waals surface area (Å²) >= 11 is 0. The van der Waals surface area contributed by atoms with Crippen molar-refractivity contribution < 1.29 is 4.79 Å². The summed E-state index contributed by atoms with van der Waals surface area (Å²) in [5, 5.41) is 3.66. The van der Waals surface area contributed by atoms with Crippen molar-refractivity contribution in [1.82, 2.24) is 25.2 Å². The average Bonchev–Trinajstić information content (AvgIpc) is 2.44. The fraction of sp³-hybridized carbons (Fsp3) is 0.467. The third-order valence-electron chi connectivity index (χ3n) is 3.97. The van der Waals surface area contributed by atoms with Crippen LogP contribution in [-0.4, -0.2) is 50.9 Å². The zero-order chi connectivity index (χ0) is 16.7. The zero-order valence-corrected chi connectivity index (χ0v) is 13.3. The van der Waals surface area contributed by atoms with Crippen LogP contribution in [0.25, 0.3) is 11.0 Å². The predicted octanol–water partition coefficient (Wildman–Crippen LogP) is -0.258. The molecule has 1 saturated heterocycles. The Labute approximate surface area is 131 Å². The molecule has 122 valence electrons. The zero-order valence-electron chi connectivity index (χ0n) is 13.3. The molecule has 0 aliphatic carbocycles. The fourth-order valence-corrected chi connectivity index (χ4v) is 3.12. The van der Waals surface area contributed by atoms with Gasteiger partial charge in [-0.1, -0.05) is 0 Å². The Balaban J connectivity index is 2.05. The van der Waals surface area contributed by atoms with Gasteiger partial charge < -0.3 is 10.2 Å². The Kier molecular flexibility index (Phi) is 3.77. The summed E-state index contributed by atoms with van der Waals surface area (Å²) in [6, 6.07) is 1.99. The van der Waals surface area contributed by atoms with Crippen molar-refractivity contribution >= 4 is 16.9 Å². The largest absolute Gasteiger partial charge is 0.334 e. The number of carbonyl (C=O) groups is 1. The number of aromatic nitrogens is 3. The van der Waals surface area contributed by atoms with E-state index in [1.54, 1.807) is 17.9 Å². The van der Waals surface area contributed by atoms with Crippen LogP contribution in [0.3, 0.4) is 0 Å². The second-order valence-corrected chi connectivity index (χ2v) is 6.14. The van der Waals surface area contributed by atoms with Gasteiger partial charge in [0.25, 0.3) is 11.5 Å². The van der Waals surface area contributed by atoms with Crippen LogP contribution in [0.1, 0.15) is 29.9 Å². The molecule has 0 spiro atoms. The maximum atomic E-state index is 12.7. The van der Waals surface area contributed by atoms with Gasteiger partial charge in [0.15, 0.2) is 0 Å². The van der Waals surface area contributed by atoms with E-state index in [4.69, 9.17) is 0 Å². The van der Waals surface area contributed by atoms with Gasteiger partial charge in [-0.05, 0) is 32.4 Å². The van der Waals surface area contributed by atoms with Gasteiger partial charge in [-0.25, -0.2) is 9.78 Å². The van der Waals surface area contributed by atoms with E-state index < -0.39 is 11.2 Å². The van der Waals surface area contributed by atoms with Crippen LogP contribution in [0, 0.1) is 6.92 Å². The molecule has 2 unspecified atom stereocenters. The molecule has 0 aromatic carbocycles. The van der Waals surface area contributed by atoms with Crippen molar-refractivity contribution in [3.05, 3.63) is 38.2 Å². The van der Waals surface area contributed by atoms with Crippen LogP contribution in [0.2, 0.25) is 0 Å². The first-order chi connectivity index (χ1) is 10.8. The quantitative estimate of drug-likeness (QED) is 0.671. The monoisotopic (exact) mass is 317 g/mol. The molecule has 1 fully saturated rings. The maximum absolute atomic E-state index is 12.7. The summed E-state index contributed by atoms with van der Waals surface area (Å²) in [6.07, 6.45) is 0. The van der Waals surface area contributed by atoms with E-state index in [0.717, 1.165) is 0 Å². The van der Waals surface area contributed by atoms with E-state index in [9.17, 15) is 14.4 Å². The smallest absolute Gasteiger partial charge is 0.327 e. The topological polar surface area (TPSA) is 111 Å². The highest BCUT2D eigenvalue weighted by Crippen LogP contribution is 2.14. The lowest BCUT2D eigenvalue weighted by Gasteiger charge is -2.36. The third-order valence-corrected chi connectivity index (χ3v) is 3.97. The van der Waals surface area contributed by atoms with Crippen molar-refractivity contribution in [1.29, 1.82) is 0 Å². The van der Waals surface area contributed by atoms with Crippen LogP contribution in [0.15, 0.2) is 15.7 Å². The van der Waals surface area contributed by atoms with Gasteiger partial charge in [0.2, 0.25) is 0 Å². The minimum absolute atomic E-state index is 0.137. The first-order valence-electron chi connectivity index (χ1n) is 7.54. The van der Waals surface area contributed by atoms with Crippen LogP contribution in [-0.2, 0) is 0 Å². The van der Waals surface area contributed by atoms with Crippen LogP contribution in [0.5, 0.6) is 0 Å². The Hall–Kier alpha value is -2.48. The molecule has 3 rings (SSSR count). The molecule has 2 atom stereocenters. The van der Waals surface area contributed by atoms with Crippen molar-refractivity contribution in [3.63, 3.8) is 0 Å². The molecule has 2 aromatic rings. The van der Waals surface area contributed by atoms with E-state index in [2.05, 4.69) is 20.3 Å². The number of hydrogen-bond acceptors (Lipinski definition) is 5. The highest BCUT2D eigenvalue weighted by Gasteiger charge is 2.26. The number of H-pyrrole nitrogens is 2. The highest BCUT2D eigenvalue weighted by molar-refractivity contribution is 5.95. The standard InChI is InChI=1S/C15H19N5O3/c1-7-4-10(14(22)20-5-8(2)16-9(3)6-20)17-12-11(7)13(21)19-15(23)18-12/h4,8-9,16H,5-6H2,1-3H3,(H2,17,18,19,21,23). The Bertz CT molecular complexity index is 875. The molecule has 3 N–H and O–H groups in total. The Morgan fingerprint density at radius 2 is 1.87 bits per heavy atom. The molecule has 0 bridgehead atoms. The number of amides is 1. The number of aryl methyl sites for hydroxylation is 1. The summed E-state index contributed by atoms with van der Waals surface area (Å²) in [6.45, 7) is 6.94. The Morgan fingerprint density at radius 3 is 2.52 bits per heavy atom. The molecular weight excluding hydrogens is 298 g/mol. The Morgan fingerprint density at radius 1 is 1.22 bits per heavy atom. The summed E-state index contributed by atoms with van der Waals surface area (Å²) < 4.78 is 0. The van der Waals surface area contributed by atoms with E-state index in [0.29, 0.717) is 24.0 Å². The predicted molar refractivity (Wildman–Crippen MR) is 85.7 cm³/mol. The van der Waals surface area contributed by atoms with Crippen molar-refractivity contribution in [2.75, 3.05) is 13.1 Å². The lowest BCUT2D eigenvalue weighted by molar-refractivity contribution is 0.0668. The second-order valence-electron chi connectivity index (χ2n) is 6.14. The molecule has 0 radical (unpaired) electrons. The highest BCUT2D eigenvalue weighted by atomic mass is 16.2. The SMILES string of the molecule is Cc1cc(C(=O)N2CC(C)NC(C)C2)nc2[nH]c(=O)[nH]c(=O)c12. The number of pyridine rings is 1. The summed E-state index contributed by atoms with van der Waals surface area (Å²) in [4.78, 5) is 46.6. The van der Waals surface area contributed by atoms with Crippen LogP contribution >= 0.6 is 0 Å². The van der Waals surface area contributed by atoms with Crippen molar-refractivity contribution in [2.24, 2.45) is 0 Å². The number of piperazine rings is 1. The fourth-order valence-electron chi connectivity index (χ4n) is 3.12. The minimum Gasteiger partial charge on any atom is -0.334 e. The second kappa shape index (κ2) is 5.62. The number of rotatable bonds is 1. The van der Waals surface area contributed by atoms with E-state index >= 15 is 0 Å². The third kappa shape index (κ3) is 2.89. The minimum atomic E-state index is -0.636. The normalized spacial score (nSPS) is 21.6. The summed E-state index contributed by atoms with van der Waals surface area (Å²) in [7, 11) is 0. The number of nitrogens with zero attached hydrogens (tertiary/aromatic N) is 2. The van der Waals surface area contributed by atoms with Gasteiger partial charge in [0.1, 0.15) is 11.3 Å². The van der Waals surface area contributed by atoms with Gasteiger partial charge in [0.05, 0.1) is 5.39 Å². The average molecular weight is 317 g/mol. The van der Waals surface area contributed by atoms with E-state index in [-0.39, 0.29) is 29.3 Å². The molecule has 8 nitrogen and oxygen atoms in total. The molecule has 1 aliphatic rings. The molecule has 3 heterocycles. The van der Waals surface area contributed by atoms with E-state index in [1.807, 2.05) is 13.8 Å². The number of nitrogens with one attached hydrogen (secondary N) is 3. The van der Waals surface area contributed by atoms with Gasteiger partial charge in [0, 0.05) is 25.2 Å². The van der Waals surface area contributed by atoms with Crippen molar-refractivity contribution in [3.8, 4) is 0 Å². The lowest BCUT2D eigenvalue weighted by atomic mass is 10.1. The van der Waals surface area contributed by atoms with Crippen LogP contribution < -0.4 is 16.6 Å². The van der Waals surface area contributed by atoms with Crippen LogP contribution in [0.4, 0.5) is 0 Å². The van der Waals surface area contributed by atoms with Gasteiger partial charge in [-0.2, -0.15) is 0 Å². The van der Waals surface area contributed by atoms with Gasteiger partial charge in [-0.15, -0.1) is 0 Å². The first-order valence-corrected chi connectivity index (χ1v) is 7.54. The molecule has 8 heteroatoms. The number of carbonyl (C=O) groups excluding carboxylic acids is 1. The number of aromatic amines is 2. The molecule has 0 saturated carbocycles. The number of hydrogen-bond donors (Lipinski definition) is 3. The molecule has 2 aromatic heterocycles. The van der Waals surface area contributed by atoms with Gasteiger partial charge >= 0.3 is 5.69 Å². The first kappa shape index (κ1) is 15.4.